The van der Waals surface area contributed by atoms with Crippen molar-refractivity contribution in [3.8, 4) is 0 Å². The molecule has 0 atom stereocenters. The van der Waals surface area contributed by atoms with Gasteiger partial charge in [0.2, 0.25) is 0 Å². The third-order valence-electron chi connectivity index (χ3n) is 3.35. The van der Waals surface area contributed by atoms with Crippen molar-refractivity contribution in [2.24, 2.45) is 0 Å². The van der Waals surface area contributed by atoms with E-state index in [-0.39, 0.29) is 0 Å². The average molecular weight is 243 g/mol. The maximum Gasteiger partial charge on any atom is 0.136 e. The van der Waals surface area contributed by atoms with E-state index in [9.17, 15) is 0 Å². The topological polar surface area (TPSA) is 37.4 Å². The second kappa shape index (κ2) is 4.82. The maximum absolute atomic E-state index is 5.40. The molecule has 1 fully saturated rings. The van der Waals surface area contributed by atoms with Crippen LogP contribution in [0.5, 0.6) is 0 Å². The van der Waals surface area contributed by atoms with E-state index in [0.29, 0.717) is 0 Å². The minimum absolute atomic E-state index is 0.782. The fourth-order valence-corrected chi connectivity index (χ4v) is 2.40. The van der Waals surface area contributed by atoms with Crippen LogP contribution < -0.4 is 10.2 Å². The molecule has 0 amide bonds. The highest BCUT2D eigenvalue weighted by molar-refractivity contribution is 6.00. The number of hydrogen-bond acceptors (Lipinski definition) is 4. The molecule has 1 aliphatic rings. The van der Waals surface area contributed by atoms with Crippen LogP contribution in [-0.4, -0.2) is 38.3 Å². The summed E-state index contributed by atoms with van der Waals surface area (Å²) in [5, 5.41) is 5.61. The first-order valence-electron chi connectivity index (χ1n) is 6.28. The third kappa shape index (κ3) is 1.88. The lowest BCUT2D eigenvalue weighted by molar-refractivity contribution is 0.122. The van der Waals surface area contributed by atoms with Crippen molar-refractivity contribution >= 4 is 22.3 Å². The summed E-state index contributed by atoms with van der Waals surface area (Å²) in [5.41, 5.74) is 1.07. The lowest BCUT2D eigenvalue weighted by Crippen LogP contribution is -2.36. The van der Waals surface area contributed by atoms with Gasteiger partial charge in [-0.1, -0.05) is 24.3 Å². The molecule has 1 aromatic carbocycles. The van der Waals surface area contributed by atoms with Crippen molar-refractivity contribution in [1.29, 1.82) is 0 Å². The molecule has 0 bridgehead atoms. The number of hydrogen-bond donors (Lipinski definition) is 1. The fraction of sp³-hybridized carbons (Fsp3) is 0.357. The van der Waals surface area contributed by atoms with Crippen LogP contribution in [0.15, 0.2) is 30.5 Å². The molecule has 1 aromatic heterocycles. The van der Waals surface area contributed by atoms with Gasteiger partial charge in [0, 0.05) is 30.9 Å². The molecule has 3 rings (SSSR count). The fourth-order valence-electron chi connectivity index (χ4n) is 2.40. The number of rotatable bonds is 2. The minimum atomic E-state index is 0.782. The Morgan fingerprint density at radius 3 is 2.61 bits per heavy atom. The van der Waals surface area contributed by atoms with Crippen LogP contribution in [0.2, 0.25) is 0 Å². The van der Waals surface area contributed by atoms with Gasteiger partial charge in [-0.25, -0.2) is 4.98 Å². The summed E-state index contributed by atoms with van der Waals surface area (Å²) in [6, 6.07) is 8.39. The average Bonchev–Trinajstić information content (AvgIpc) is 2.47. The Kier molecular flexibility index (Phi) is 3.02. The smallest absolute Gasteiger partial charge is 0.136 e. The summed E-state index contributed by atoms with van der Waals surface area (Å²) >= 11 is 0. The zero-order valence-electron chi connectivity index (χ0n) is 10.5. The molecule has 94 valence electrons. The lowest BCUT2D eigenvalue weighted by Gasteiger charge is -2.29. The van der Waals surface area contributed by atoms with Crippen LogP contribution >= 0.6 is 0 Å². The highest BCUT2D eigenvalue weighted by Gasteiger charge is 2.15. The van der Waals surface area contributed by atoms with Gasteiger partial charge >= 0.3 is 0 Å². The first kappa shape index (κ1) is 11.3. The van der Waals surface area contributed by atoms with E-state index < -0.39 is 0 Å². The van der Waals surface area contributed by atoms with Crippen LogP contribution in [0, 0.1) is 0 Å². The van der Waals surface area contributed by atoms with Crippen molar-refractivity contribution in [2.45, 2.75) is 0 Å². The number of ether oxygens (including phenoxy) is 1. The Balaban J connectivity index is 2.12. The molecule has 4 nitrogen and oxygen atoms in total. The molecule has 2 aromatic rings. The van der Waals surface area contributed by atoms with Gasteiger partial charge in [0.1, 0.15) is 5.82 Å². The summed E-state index contributed by atoms with van der Waals surface area (Å²) in [5.74, 6) is 1.06. The normalized spacial score (nSPS) is 15.9. The first-order valence-corrected chi connectivity index (χ1v) is 6.28. The second-order valence-corrected chi connectivity index (χ2v) is 4.39. The van der Waals surface area contributed by atoms with Crippen molar-refractivity contribution in [1.82, 2.24) is 4.98 Å². The Morgan fingerprint density at radius 2 is 1.89 bits per heavy atom. The van der Waals surface area contributed by atoms with Gasteiger partial charge in [-0.15, -0.1) is 0 Å². The molecule has 1 aliphatic heterocycles. The lowest BCUT2D eigenvalue weighted by atomic mass is 10.1. The van der Waals surface area contributed by atoms with Crippen LogP contribution in [-0.2, 0) is 4.74 Å². The molecule has 0 spiro atoms. The van der Waals surface area contributed by atoms with E-state index in [4.69, 9.17) is 4.74 Å². The molecule has 0 unspecified atom stereocenters. The first-order chi connectivity index (χ1) is 8.90. The third-order valence-corrected chi connectivity index (χ3v) is 3.35. The van der Waals surface area contributed by atoms with E-state index >= 15 is 0 Å². The highest BCUT2D eigenvalue weighted by atomic mass is 16.5. The Hall–Kier alpha value is -1.81. The van der Waals surface area contributed by atoms with Crippen molar-refractivity contribution in [3.63, 3.8) is 0 Å². The van der Waals surface area contributed by atoms with Gasteiger partial charge < -0.3 is 15.0 Å². The van der Waals surface area contributed by atoms with Crippen LogP contribution in [0.4, 0.5) is 11.5 Å². The van der Waals surface area contributed by atoms with Gasteiger partial charge in [0.05, 0.1) is 25.1 Å². The van der Waals surface area contributed by atoms with E-state index in [2.05, 4.69) is 39.5 Å². The quantitative estimate of drug-likeness (QED) is 0.876. The van der Waals surface area contributed by atoms with Gasteiger partial charge in [-0.2, -0.15) is 0 Å². The Labute approximate surface area is 107 Å². The number of nitrogens with zero attached hydrogens (tertiary/aromatic N) is 2. The van der Waals surface area contributed by atoms with Crippen molar-refractivity contribution in [3.05, 3.63) is 30.5 Å². The molecule has 2 heterocycles. The summed E-state index contributed by atoms with van der Waals surface area (Å²) in [4.78, 5) is 6.91. The van der Waals surface area contributed by atoms with Gasteiger partial charge in [-0.05, 0) is 0 Å². The maximum atomic E-state index is 5.40. The molecule has 18 heavy (non-hydrogen) atoms. The van der Waals surface area contributed by atoms with E-state index in [1.165, 1.54) is 10.8 Å². The number of pyridine rings is 1. The number of nitrogens with one attached hydrogen (secondary N) is 1. The van der Waals surface area contributed by atoms with Crippen molar-refractivity contribution in [2.75, 3.05) is 43.6 Å². The minimum Gasteiger partial charge on any atom is -0.386 e. The number of anilines is 2. The van der Waals surface area contributed by atoms with Crippen LogP contribution in [0.3, 0.4) is 0 Å². The van der Waals surface area contributed by atoms with Gasteiger partial charge in [-0.3, -0.25) is 0 Å². The van der Waals surface area contributed by atoms with E-state index in [0.717, 1.165) is 37.8 Å². The molecule has 1 N–H and O–H groups in total. The molecule has 0 radical (unpaired) electrons. The zero-order chi connectivity index (χ0) is 12.4. The summed E-state index contributed by atoms with van der Waals surface area (Å²) in [7, 11) is 1.93. The Morgan fingerprint density at radius 1 is 1.17 bits per heavy atom. The second-order valence-electron chi connectivity index (χ2n) is 4.39. The molecular formula is C14H17N3O. The zero-order valence-corrected chi connectivity index (χ0v) is 10.5. The number of aromatic nitrogens is 1. The van der Waals surface area contributed by atoms with Crippen LogP contribution in [0.25, 0.3) is 10.8 Å². The highest BCUT2D eigenvalue weighted by Crippen LogP contribution is 2.30. The van der Waals surface area contributed by atoms with E-state index in [1.807, 2.05) is 13.2 Å². The molecule has 0 saturated carbocycles. The van der Waals surface area contributed by atoms with Gasteiger partial charge in [0.25, 0.3) is 0 Å². The predicted molar refractivity (Wildman–Crippen MR) is 74.3 cm³/mol. The monoisotopic (exact) mass is 243 g/mol. The molecule has 4 heteroatoms. The largest absolute Gasteiger partial charge is 0.386 e. The SMILES string of the molecule is CNc1cnc(N2CCOCC2)c2ccccc12. The summed E-state index contributed by atoms with van der Waals surface area (Å²) in [6.45, 7) is 3.39. The molecule has 0 aliphatic carbocycles. The summed E-state index contributed by atoms with van der Waals surface area (Å²) < 4.78 is 5.40. The number of morpholine rings is 1. The van der Waals surface area contributed by atoms with Gasteiger partial charge in [0.15, 0.2) is 0 Å². The standard InChI is InChI=1S/C14H17N3O/c1-15-13-10-16-14(17-6-8-18-9-7-17)12-5-3-2-4-11(12)13/h2-5,10,15H,6-9H2,1H3. The number of benzene rings is 1. The van der Waals surface area contributed by atoms with E-state index in [1.54, 1.807) is 0 Å². The predicted octanol–water partition coefficient (Wildman–Crippen LogP) is 2.11. The van der Waals surface area contributed by atoms with Crippen molar-refractivity contribution < 1.29 is 4.74 Å². The number of fused-ring (bicyclic) bond motifs is 1. The molecule has 1 saturated heterocycles. The van der Waals surface area contributed by atoms with Crippen LogP contribution in [0.1, 0.15) is 0 Å². The Bertz CT molecular complexity index is 550. The molecular weight excluding hydrogens is 226 g/mol. The summed E-state index contributed by atoms with van der Waals surface area (Å²) in [6.07, 6.45) is 1.91.